The van der Waals surface area contributed by atoms with Gasteiger partial charge in [0.2, 0.25) is 0 Å². The van der Waals surface area contributed by atoms with Gasteiger partial charge in [-0.05, 0) is 25.0 Å². The lowest BCUT2D eigenvalue weighted by atomic mass is 10.1. The number of ether oxygens (including phenoxy) is 2. The van der Waals surface area contributed by atoms with Crippen LogP contribution < -0.4 is 0 Å². The van der Waals surface area contributed by atoms with Crippen molar-refractivity contribution in [2.75, 3.05) is 13.2 Å². The zero-order valence-electron chi connectivity index (χ0n) is 9.89. The van der Waals surface area contributed by atoms with E-state index in [1.54, 1.807) is 0 Å². The Morgan fingerprint density at radius 1 is 1.44 bits per heavy atom. The van der Waals surface area contributed by atoms with Crippen LogP contribution in [0.4, 0.5) is 4.39 Å². The second-order valence-corrected chi connectivity index (χ2v) is 4.23. The van der Waals surface area contributed by atoms with Crippen molar-refractivity contribution in [3.8, 4) is 0 Å². The molecule has 4 nitrogen and oxygen atoms in total. The standard InChI is InChI=1S/C13H15FO4/c14-12-7-9(13(15)16)1-2-10(12)8-18-11-3-5-17-6-4-11/h1-2,7,11H,3-6,8H2,(H,15,16). The van der Waals surface area contributed by atoms with Crippen LogP contribution in [0.25, 0.3) is 0 Å². The molecular formula is C13H15FO4. The van der Waals surface area contributed by atoms with Crippen molar-refractivity contribution in [2.24, 2.45) is 0 Å². The van der Waals surface area contributed by atoms with Gasteiger partial charge in [0.05, 0.1) is 18.3 Å². The van der Waals surface area contributed by atoms with E-state index in [1.165, 1.54) is 12.1 Å². The van der Waals surface area contributed by atoms with Gasteiger partial charge in [0, 0.05) is 18.8 Å². The predicted molar refractivity (Wildman–Crippen MR) is 62.0 cm³/mol. The molecule has 1 aromatic rings. The molecule has 5 heteroatoms. The number of halogens is 1. The van der Waals surface area contributed by atoms with Crippen LogP contribution in [0, 0.1) is 5.82 Å². The fourth-order valence-electron chi connectivity index (χ4n) is 1.85. The summed E-state index contributed by atoms with van der Waals surface area (Å²) in [4.78, 5) is 10.7. The van der Waals surface area contributed by atoms with Crippen molar-refractivity contribution < 1.29 is 23.8 Å². The first-order valence-corrected chi connectivity index (χ1v) is 5.88. The lowest BCUT2D eigenvalue weighted by molar-refractivity contribution is -0.0397. The maximum atomic E-state index is 13.6. The summed E-state index contributed by atoms with van der Waals surface area (Å²) in [5, 5.41) is 8.72. The maximum Gasteiger partial charge on any atom is 0.335 e. The monoisotopic (exact) mass is 254 g/mol. The summed E-state index contributed by atoms with van der Waals surface area (Å²) < 4.78 is 24.4. The molecule has 2 rings (SSSR count). The third-order valence-electron chi connectivity index (χ3n) is 2.94. The number of aromatic carboxylic acids is 1. The first-order chi connectivity index (χ1) is 8.66. The zero-order chi connectivity index (χ0) is 13.0. The normalized spacial score (nSPS) is 16.7. The molecule has 0 amide bonds. The molecule has 1 saturated heterocycles. The SMILES string of the molecule is O=C(O)c1ccc(COC2CCOCC2)c(F)c1. The third-order valence-corrected chi connectivity index (χ3v) is 2.94. The highest BCUT2D eigenvalue weighted by atomic mass is 19.1. The second-order valence-electron chi connectivity index (χ2n) is 4.23. The Hall–Kier alpha value is -1.46. The van der Waals surface area contributed by atoms with E-state index in [-0.39, 0.29) is 18.3 Å². The highest BCUT2D eigenvalue weighted by Gasteiger charge is 2.15. The van der Waals surface area contributed by atoms with Crippen LogP contribution in [0.1, 0.15) is 28.8 Å². The third kappa shape index (κ3) is 3.27. The van der Waals surface area contributed by atoms with Crippen LogP contribution in [0.5, 0.6) is 0 Å². The fraction of sp³-hybridized carbons (Fsp3) is 0.462. The molecule has 1 aliphatic heterocycles. The first-order valence-electron chi connectivity index (χ1n) is 5.88. The number of rotatable bonds is 4. The highest BCUT2D eigenvalue weighted by molar-refractivity contribution is 5.87. The van der Waals surface area contributed by atoms with Crippen molar-refractivity contribution in [1.82, 2.24) is 0 Å². The van der Waals surface area contributed by atoms with Gasteiger partial charge in [0.25, 0.3) is 0 Å². The van der Waals surface area contributed by atoms with Gasteiger partial charge in [-0.3, -0.25) is 0 Å². The summed E-state index contributed by atoms with van der Waals surface area (Å²) in [5.74, 6) is -1.67. The van der Waals surface area contributed by atoms with E-state index < -0.39 is 11.8 Å². The minimum Gasteiger partial charge on any atom is -0.478 e. The fourth-order valence-corrected chi connectivity index (χ4v) is 1.85. The molecule has 98 valence electrons. The van der Waals surface area contributed by atoms with E-state index >= 15 is 0 Å². The topological polar surface area (TPSA) is 55.8 Å². The molecule has 0 aliphatic carbocycles. The Morgan fingerprint density at radius 3 is 2.78 bits per heavy atom. The van der Waals surface area contributed by atoms with Crippen molar-refractivity contribution in [3.63, 3.8) is 0 Å². The molecule has 0 spiro atoms. The molecule has 0 bridgehead atoms. The summed E-state index contributed by atoms with van der Waals surface area (Å²) in [6.45, 7) is 1.51. The summed E-state index contributed by atoms with van der Waals surface area (Å²) in [6.07, 6.45) is 1.72. The van der Waals surface area contributed by atoms with Gasteiger partial charge in [-0.25, -0.2) is 9.18 Å². The Morgan fingerprint density at radius 2 is 2.17 bits per heavy atom. The summed E-state index contributed by atoms with van der Waals surface area (Å²) in [7, 11) is 0. The molecule has 1 heterocycles. The largest absolute Gasteiger partial charge is 0.478 e. The molecule has 0 unspecified atom stereocenters. The molecule has 18 heavy (non-hydrogen) atoms. The van der Waals surface area contributed by atoms with Gasteiger partial charge in [0.15, 0.2) is 0 Å². The highest BCUT2D eigenvalue weighted by Crippen LogP contribution is 2.16. The molecule has 1 fully saturated rings. The molecular weight excluding hydrogens is 239 g/mol. The van der Waals surface area contributed by atoms with Crippen LogP contribution in [-0.2, 0) is 16.1 Å². The second kappa shape index (κ2) is 5.93. The van der Waals surface area contributed by atoms with E-state index in [4.69, 9.17) is 14.6 Å². The van der Waals surface area contributed by atoms with E-state index in [9.17, 15) is 9.18 Å². The zero-order valence-corrected chi connectivity index (χ0v) is 9.89. The van der Waals surface area contributed by atoms with Gasteiger partial charge >= 0.3 is 5.97 Å². The Balaban J connectivity index is 1.94. The van der Waals surface area contributed by atoms with E-state index in [0.29, 0.717) is 18.8 Å². The molecule has 1 aliphatic rings. The number of hydrogen-bond donors (Lipinski definition) is 1. The number of benzene rings is 1. The van der Waals surface area contributed by atoms with E-state index in [2.05, 4.69) is 0 Å². The van der Waals surface area contributed by atoms with Gasteiger partial charge in [0.1, 0.15) is 5.82 Å². The van der Waals surface area contributed by atoms with E-state index in [1.807, 2.05) is 0 Å². The van der Waals surface area contributed by atoms with Crippen LogP contribution in [0.15, 0.2) is 18.2 Å². The Labute approximate surface area is 104 Å². The van der Waals surface area contributed by atoms with Gasteiger partial charge in [-0.1, -0.05) is 6.07 Å². The van der Waals surface area contributed by atoms with Gasteiger partial charge in [-0.15, -0.1) is 0 Å². The smallest absolute Gasteiger partial charge is 0.335 e. The van der Waals surface area contributed by atoms with Crippen LogP contribution in [0.3, 0.4) is 0 Å². The molecule has 0 radical (unpaired) electrons. The van der Waals surface area contributed by atoms with Crippen LogP contribution in [0.2, 0.25) is 0 Å². The first kappa shape index (κ1) is 13.0. The summed E-state index contributed by atoms with van der Waals surface area (Å²) >= 11 is 0. The van der Waals surface area contributed by atoms with Gasteiger partial charge in [-0.2, -0.15) is 0 Å². The molecule has 1 N–H and O–H groups in total. The minimum atomic E-state index is -1.13. The van der Waals surface area contributed by atoms with Crippen molar-refractivity contribution in [2.45, 2.75) is 25.6 Å². The lowest BCUT2D eigenvalue weighted by Gasteiger charge is -2.22. The summed E-state index contributed by atoms with van der Waals surface area (Å²) in [5.41, 5.74) is 0.328. The average Bonchev–Trinajstić information content (AvgIpc) is 2.38. The number of hydrogen-bond acceptors (Lipinski definition) is 3. The molecule has 0 saturated carbocycles. The molecule has 1 aromatic carbocycles. The minimum absolute atomic E-state index is 0.0534. The molecule has 0 atom stereocenters. The van der Waals surface area contributed by atoms with Crippen molar-refractivity contribution >= 4 is 5.97 Å². The van der Waals surface area contributed by atoms with Crippen molar-refractivity contribution in [1.29, 1.82) is 0 Å². The van der Waals surface area contributed by atoms with Crippen molar-refractivity contribution in [3.05, 3.63) is 35.1 Å². The average molecular weight is 254 g/mol. The number of carboxylic acid groups (broad SMARTS) is 1. The Kier molecular flexibility index (Phi) is 4.28. The quantitative estimate of drug-likeness (QED) is 0.895. The van der Waals surface area contributed by atoms with Crippen LogP contribution in [-0.4, -0.2) is 30.4 Å². The van der Waals surface area contributed by atoms with Gasteiger partial charge < -0.3 is 14.6 Å². The predicted octanol–water partition coefficient (Wildman–Crippen LogP) is 2.22. The summed E-state index contributed by atoms with van der Waals surface area (Å²) in [6, 6.07) is 3.86. The van der Waals surface area contributed by atoms with Crippen LogP contribution >= 0.6 is 0 Å². The molecule has 0 aromatic heterocycles. The lowest BCUT2D eigenvalue weighted by Crippen LogP contribution is -2.23. The Bertz CT molecular complexity index is 427. The number of carbonyl (C=O) groups is 1. The number of carboxylic acids is 1. The van der Waals surface area contributed by atoms with E-state index in [0.717, 1.165) is 18.9 Å². The maximum absolute atomic E-state index is 13.6.